The number of rotatable bonds is 16. The van der Waals surface area contributed by atoms with Crippen molar-refractivity contribution in [3.8, 4) is 23.3 Å². The molecule has 0 fully saturated rings. The van der Waals surface area contributed by atoms with E-state index in [0.29, 0.717) is 33.7 Å². The van der Waals surface area contributed by atoms with Crippen molar-refractivity contribution in [1.29, 1.82) is 0 Å². The second kappa shape index (κ2) is 22.2. The maximum Gasteiger partial charge on any atom is 0.307 e. The Bertz CT molecular complexity index is 2600. The number of esters is 1. The lowest BCUT2D eigenvalue weighted by molar-refractivity contribution is -0.140. The van der Waals surface area contributed by atoms with Gasteiger partial charge >= 0.3 is 5.97 Å². The highest BCUT2D eigenvalue weighted by Crippen LogP contribution is 2.24. The Morgan fingerprint density at radius 3 is 1.60 bits per heavy atom. The third-order valence-electron chi connectivity index (χ3n) is 8.69. The molecule has 0 saturated heterocycles. The van der Waals surface area contributed by atoms with Gasteiger partial charge < -0.3 is 40.4 Å². The lowest BCUT2D eigenvalue weighted by Gasteiger charge is -2.17. The van der Waals surface area contributed by atoms with Crippen LogP contribution in [0.1, 0.15) is 55.6 Å². The van der Waals surface area contributed by atoms with E-state index in [9.17, 15) is 29.4 Å². The molecule has 0 spiro atoms. The van der Waals surface area contributed by atoms with Crippen LogP contribution in [0.15, 0.2) is 113 Å². The molecule has 0 saturated carbocycles. The highest BCUT2D eigenvalue weighted by molar-refractivity contribution is 6.30. The van der Waals surface area contributed by atoms with Gasteiger partial charge in [-0.3, -0.25) is 28.3 Å². The van der Waals surface area contributed by atoms with Crippen LogP contribution in [0.4, 0.5) is 23.3 Å². The average molecular weight is 901 g/mol. The lowest BCUT2D eigenvalue weighted by Crippen LogP contribution is -2.35. The Kier molecular flexibility index (Phi) is 16.5. The van der Waals surface area contributed by atoms with E-state index in [4.69, 9.17) is 32.7 Å². The van der Waals surface area contributed by atoms with E-state index in [2.05, 4.69) is 30.7 Å². The van der Waals surface area contributed by atoms with Crippen LogP contribution in [0, 0.1) is 0 Å². The van der Waals surface area contributed by atoms with E-state index in [1.807, 2.05) is 64.1 Å². The molecular weight excluding hydrogens is 853 g/mol. The Balaban J connectivity index is 0.000000247. The first-order valence-corrected chi connectivity index (χ1v) is 20.4. The van der Waals surface area contributed by atoms with Crippen LogP contribution in [0.5, 0.6) is 23.3 Å². The van der Waals surface area contributed by atoms with Gasteiger partial charge in [0.05, 0.1) is 44.9 Å². The van der Waals surface area contributed by atoms with Gasteiger partial charge in [-0.15, -0.1) is 0 Å². The summed E-state index contributed by atoms with van der Waals surface area (Å²) in [6.45, 7) is 8.01. The van der Waals surface area contributed by atoms with E-state index in [-0.39, 0.29) is 55.1 Å². The van der Waals surface area contributed by atoms with Crippen molar-refractivity contribution in [2.75, 3.05) is 24.3 Å². The maximum atomic E-state index is 13.4. The summed E-state index contributed by atoms with van der Waals surface area (Å²) in [5.74, 6) is -0.784. The molecule has 0 aliphatic rings. The van der Waals surface area contributed by atoms with Crippen molar-refractivity contribution in [2.24, 2.45) is 0 Å². The first kappa shape index (κ1) is 47.0. The molecule has 0 atom stereocenters. The number of halogens is 2. The minimum absolute atomic E-state index is 0.0123. The van der Waals surface area contributed by atoms with Crippen molar-refractivity contribution in [3.05, 3.63) is 151 Å². The van der Waals surface area contributed by atoms with Crippen molar-refractivity contribution in [2.45, 2.75) is 59.4 Å². The van der Waals surface area contributed by atoms with Crippen LogP contribution in [-0.4, -0.2) is 67.1 Å². The fourth-order valence-corrected chi connectivity index (χ4v) is 6.03. The fraction of sp³-hybridized carbons (Fsp3) is 0.244. The third-order valence-corrected chi connectivity index (χ3v) is 9.19. The lowest BCUT2D eigenvalue weighted by atomic mass is 10.2. The Morgan fingerprint density at radius 1 is 0.683 bits per heavy atom. The molecule has 6 rings (SSSR count). The molecule has 0 radical (unpaired) electrons. The van der Waals surface area contributed by atoms with Crippen molar-refractivity contribution in [1.82, 2.24) is 24.4 Å². The minimum Gasteiger partial charge on any atom is -0.493 e. The summed E-state index contributed by atoms with van der Waals surface area (Å²) in [6, 6.07) is 29.4. The molecule has 4 aromatic carbocycles. The monoisotopic (exact) mass is 899 g/mol. The predicted molar refractivity (Wildman–Crippen MR) is 241 cm³/mol. The van der Waals surface area contributed by atoms with Crippen LogP contribution in [-0.2, 0) is 22.6 Å². The van der Waals surface area contributed by atoms with Crippen LogP contribution in [0.25, 0.3) is 0 Å². The number of nitrogens with one attached hydrogen (secondary N) is 3. The number of ether oxygens (including phenoxy) is 3. The zero-order valence-electron chi connectivity index (χ0n) is 35.1. The SMILES string of the molecule is CC(C)Oc1ccc(Nc2nc(O)cc(=O)n2Cc2ccc(Cl)cc2)cc1.COC(=O)CCNC(=O)c1c(O)nc(Nc2ccc(OC(C)C)cc2)n(Cc2ccc(Cl)cc2)c1=O. The Labute approximate surface area is 373 Å². The number of hydrogen-bond acceptors (Lipinski definition) is 13. The zero-order chi connectivity index (χ0) is 45.6. The smallest absolute Gasteiger partial charge is 0.307 e. The quantitative estimate of drug-likeness (QED) is 0.0592. The summed E-state index contributed by atoms with van der Waals surface area (Å²) in [5, 5.41) is 29.9. The number of benzene rings is 4. The van der Waals surface area contributed by atoms with Crippen LogP contribution < -0.4 is 36.5 Å². The molecule has 16 nitrogen and oxygen atoms in total. The van der Waals surface area contributed by atoms with Crippen molar-refractivity contribution >= 4 is 58.3 Å². The normalized spacial score (nSPS) is 10.7. The molecule has 0 bridgehead atoms. The van der Waals surface area contributed by atoms with Gasteiger partial charge in [-0.2, -0.15) is 9.97 Å². The second-order valence-electron chi connectivity index (χ2n) is 14.4. The topological polar surface area (TPSA) is 208 Å². The molecule has 18 heteroatoms. The van der Waals surface area contributed by atoms with Crippen LogP contribution in [0.3, 0.4) is 0 Å². The summed E-state index contributed by atoms with van der Waals surface area (Å²) in [6.07, 6.45) is 0.00494. The second-order valence-corrected chi connectivity index (χ2v) is 15.2. The number of carbonyl (C=O) groups excluding carboxylic acids is 2. The minimum atomic E-state index is -0.861. The number of carbonyl (C=O) groups is 2. The van der Waals surface area contributed by atoms with Gasteiger partial charge in [-0.1, -0.05) is 47.5 Å². The largest absolute Gasteiger partial charge is 0.493 e. The Hall–Kier alpha value is -7.04. The average Bonchev–Trinajstić information content (AvgIpc) is 3.23. The van der Waals surface area contributed by atoms with E-state index in [0.717, 1.165) is 22.9 Å². The third kappa shape index (κ3) is 14.0. The number of hydrogen-bond donors (Lipinski definition) is 5. The molecule has 63 heavy (non-hydrogen) atoms. The predicted octanol–water partition coefficient (Wildman–Crippen LogP) is 7.66. The number of aromatic hydroxyl groups is 2. The number of methoxy groups -OCH3 is 1. The van der Waals surface area contributed by atoms with Crippen LogP contribution in [0.2, 0.25) is 10.0 Å². The number of amides is 1. The van der Waals surface area contributed by atoms with E-state index < -0.39 is 28.9 Å². The molecule has 5 N–H and O–H groups in total. The van der Waals surface area contributed by atoms with Crippen LogP contribution >= 0.6 is 23.2 Å². The molecule has 330 valence electrons. The number of anilines is 4. The fourth-order valence-electron chi connectivity index (χ4n) is 5.78. The molecule has 0 unspecified atom stereocenters. The summed E-state index contributed by atoms with van der Waals surface area (Å²) >= 11 is 11.9. The number of aromatic nitrogens is 4. The molecule has 1 amide bonds. The van der Waals surface area contributed by atoms with E-state index in [1.54, 1.807) is 60.7 Å². The zero-order valence-corrected chi connectivity index (χ0v) is 36.6. The summed E-state index contributed by atoms with van der Waals surface area (Å²) in [4.78, 5) is 57.9. The van der Waals surface area contributed by atoms with Crippen molar-refractivity contribution in [3.63, 3.8) is 0 Å². The molecule has 0 aliphatic carbocycles. The standard InChI is InChI=1S/C25H27ClN4O6.C20H20ClN3O3/c1-15(2)36-19-10-8-18(9-11-19)28-25-29-23(33)21(22(32)27-13-12-20(31)35-3)24(34)30(25)14-16-4-6-17(26)7-5-16;1-13(2)27-17-9-7-16(8-10-17)22-20-23-18(25)11-19(26)24(20)12-14-3-5-15(21)6-4-14/h4-11,15,33H,12-14H2,1-3H3,(H,27,32)(H,28,29);3-11,13,25H,12H2,1-2H3,(H,22,23). The summed E-state index contributed by atoms with van der Waals surface area (Å²) in [7, 11) is 1.23. The Morgan fingerprint density at radius 2 is 1.14 bits per heavy atom. The summed E-state index contributed by atoms with van der Waals surface area (Å²) < 4.78 is 18.5. The highest BCUT2D eigenvalue weighted by atomic mass is 35.5. The van der Waals surface area contributed by atoms with Gasteiger partial charge in [0, 0.05) is 28.0 Å². The van der Waals surface area contributed by atoms with Gasteiger partial charge in [0.2, 0.25) is 23.7 Å². The molecule has 2 aromatic heterocycles. The number of nitrogens with zero attached hydrogens (tertiary/aromatic N) is 4. The van der Waals surface area contributed by atoms with E-state index >= 15 is 0 Å². The first-order valence-electron chi connectivity index (χ1n) is 19.6. The first-order chi connectivity index (χ1) is 30.1. The molecule has 2 heterocycles. The highest BCUT2D eigenvalue weighted by Gasteiger charge is 2.23. The van der Waals surface area contributed by atoms with Gasteiger partial charge in [-0.25, -0.2) is 0 Å². The molecular formula is C45H47Cl2N7O9. The van der Waals surface area contributed by atoms with Gasteiger partial charge in [0.1, 0.15) is 11.5 Å². The maximum absolute atomic E-state index is 13.4. The summed E-state index contributed by atoms with van der Waals surface area (Å²) in [5.41, 5.74) is 1.23. The van der Waals surface area contributed by atoms with Gasteiger partial charge in [0.25, 0.3) is 17.0 Å². The van der Waals surface area contributed by atoms with E-state index in [1.165, 1.54) is 16.2 Å². The molecule has 6 aromatic rings. The van der Waals surface area contributed by atoms with Crippen molar-refractivity contribution < 1.29 is 34.0 Å². The molecule has 0 aliphatic heterocycles. The van der Waals surface area contributed by atoms with Gasteiger partial charge in [-0.05, 0) is 112 Å². The van der Waals surface area contributed by atoms with Gasteiger partial charge in [0.15, 0.2) is 5.56 Å².